The van der Waals surface area contributed by atoms with E-state index in [0.29, 0.717) is 24.9 Å². The van der Waals surface area contributed by atoms with Crippen LogP contribution in [-0.4, -0.2) is 59.3 Å². The Morgan fingerprint density at radius 1 is 1.08 bits per heavy atom. The molecule has 1 aliphatic heterocycles. The molecule has 1 aromatic carbocycles. The molecular formula is C16H24Cl3N5O2. The molecule has 2 N–H and O–H groups in total. The van der Waals surface area contributed by atoms with Crippen LogP contribution in [0.25, 0.3) is 0 Å². The van der Waals surface area contributed by atoms with Crippen molar-refractivity contribution in [2.24, 2.45) is 5.73 Å². The van der Waals surface area contributed by atoms with Gasteiger partial charge in [-0.3, -0.25) is 9.80 Å². The average molecular weight is 425 g/mol. The summed E-state index contributed by atoms with van der Waals surface area (Å²) in [4.78, 5) is 8.96. The van der Waals surface area contributed by atoms with Crippen LogP contribution in [0.3, 0.4) is 0 Å². The van der Waals surface area contributed by atoms with Gasteiger partial charge < -0.3 is 15.0 Å². The summed E-state index contributed by atoms with van der Waals surface area (Å²) in [5, 5.41) is 4.66. The Morgan fingerprint density at radius 2 is 1.73 bits per heavy atom. The SMILES string of the molecule is Cl.Cl.NCc1nc(CN2CCN(CCOc3ccc(Cl)cc3)CC2)no1. The summed E-state index contributed by atoms with van der Waals surface area (Å²) in [6.45, 7) is 6.55. The minimum atomic E-state index is 0. The molecule has 1 saturated heterocycles. The summed E-state index contributed by atoms with van der Waals surface area (Å²) in [7, 11) is 0. The van der Waals surface area contributed by atoms with Crippen LogP contribution in [0.5, 0.6) is 5.75 Å². The fraction of sp³-hybridized carbons (Fsp3) is 0.500. The molecule has 2 heterocycles. The lowest BCUT2D eigenvalue weighted by Crippen LogP contribution is -2.47. The van der Waals surface area contributed by atoms with Crippen molar-refractivity contribution in [3.63, 3.8) is 0 Å². The third-order valence-electron chi connectivity index (χ3n) is 4.00. The van der Waals surface area contributed by atoms with E-state index >= 15 is 0 Å². The zero-order chi connectivity index (χ0) is 16.8. The van der Waals surface area contributed by atoms with E-state index in [1.165, 1.54) is 0 Å². The summed E-state index contributed by atoms with van der Waals surface area (Å²) >= 11 is 5.86. The van der Waals surface area contributed by atoms with Crippen LogP contribution in [-0.2, 0) is 13.1 Å². The maximum Gasteiger partial charge on any atom is 0.240 e. The van der Waals surface area contributed by atoms with E-state index in [4.69, 9.17) is 26.6 Å². The van der Waals surface area contributed by atoms with Crippen LogP contribution in [0.2, 0.25) is 5.02 Å². The lowest BCUT2D eigenvalue weighted by Gasteiger charge is -2.33. The molecule has 0 atom stereocenters. The van der Waals surface area contributed by atoms with Crippen molar-refractivity contribution < 1.29 is 9.26 Å². The van der Waals surface area contributed by atoms with Crippen LogP contribution in [0, 0.1) is 0 Å². The first-order valence-corrected chi connectivity index (χ1v) is 8.45. The fourth-order valence-corrected chi connectivity index (χ4v) is 2.76. The van der Waals surface area contributed by atoms with E-state index in [1.54, 1.807) is 0 Å². The second-order valence-corrected chi connectivity index (χ2v) is 6.17. The molecule has 0 saturated carbocycles. The molecule has 146 valence electrons. The maximum atomic E-state index is 5.86. The highest BCUT2D eigenvalue weighted by Crippen LogP contribution is 2.15. The van der Waals surface area contributed by atoms with E-state index < -0.39 is 0 Å². The second kappa shape index (κ2) is 11.6. The number of nitrogens with zero attached hydrogens (tertiary/aromatic N) is 4. The first-order valence-electron chi connectivity index (χ1n) is 8.07. The van der Waals surface area contributed by atoms with Crippen LogP contribution in [0.1, 0.15) is 11.7 Å². The summed E-state index contributed by atoms with van der Waals surface area (Å²) in [5.41, 5.74) is 5.48. The van der Waals surface area contributed by atoms with Crippen molar-refractivity contribution in [3.05, 3.63) is 41.0 Å². The van der Waals surface area contributed by atoms with Gasteiger partial charge in [-0.05, 0) is 24.3 Å². The number of benzene rings is 1. The van der Waals surface area contributed by atoms with Gasteiger partial charge in [0.25, 0.3) is 0 Å². The summed E-state index contributed by atoms with van der Waals surface area (Å²) in [5.74, 6) is 2.05. The number of hydrogen-bond acceptors (Lipinski definition) is 7. The van der Waals surface area contributed by atoms with Crippen LogP contribution in [0.4, 0.5) is 0 Å². The topological polar surface area (TPSA) is 80.7 Å². The quantitative estimate of drug-likeness (QED) is 0.730. The van der Waals surface area contributed by atoms with Crippen molar-refractivity contribution >= 4 is 36.4 Å². The van der Waals surface area contributed by atoms with Gasteiger partial charge in [0, 0.05) is 37.7 Å². The molecule has 1 aromatic heterocycles. The predicted molar refractivity (Wildman–Crippen MR) is 105 cm³/mol. The molecule has 1 fully saturated rings. The molecule has 0 unspecified atom stereocenters. The summed E-state index contributed by atoms with van der Waals surface area (Å²) < 4.78 is 10.8. The van der Waals surface area contributed by atoms with Crippen molar-refractivity contribution in [3.8, 4) is 5.75 Å². The molecule has 1 aliphatic rings. The van der Waals surface area contributed by atoms with Crippen LogP contribution < -0.4 is 10.5 Å². The fourth-order valence-electron chi connectivity index (χ4n) is 2.63. The first-order chi connectivity index (χ1) is 11.7. The third-order valence-corrected chi connectivity index (χ3v) is 4.26. The lowest BCUT2D eigenvalue weighted by molar-refractivity contribution is 0.110. The number of hydrogen-bond donors (Lipinski definition) is 1. The number of nitrogens with two attached hydrogens (primary N) is 1. The molecule has 0 bridgehead atoms. The van der Waals surface area contributed by atoms with E-state index in [-0.39, 0.29) is 31.4 Å². The summed E-state index contributed by atoms with van der Waals surface area (Å²) in [6, 6.07) is 7.45. The van der Waals surface area contributed by atoms with Crippen LogP contribution >= 0.6 is 36.4 Å². The Balaban J connectivity index is 0.00000169. The minimum Gasteiger partial charge on any atom is -0.492 e. The van der Waals surface area contributed by atoms with Crippen molar-refractivity contribution in [2.75, 3.05) is 39.3 Å². The highest BCUT2D eigenvalue weighted by molar-refractivity contribution is 6.30. The number of halogens is 3. The van der Waals surface area contributed by atoms with E-state index in [2.05, 4.69) is 19.9 Å². The predicted octanol–water partition coefficient (Wildman–Crippen LogP) is 2.22. The second-order valence-electron chi connectivity index (χ2n) is 5.73. The minimum absolute atomic E-state index is 0. The maximum absolute atomic E-state index is 5.86. The Labute approximate surface area is 170 Å². The van der Waals surface area contributed by atoms with Gasteiger partial charge in [0.2, 0.25) is 5.89 Å². The van der Waals surface area contributed by atoms with E-state index in [1.807, 2.05) is 24.3 Å². The number of ether oxygens (including phenoxy) is 1. The highest BCUT2D eigenvalue weighted by atomic mass is 35.5. The molecule has 2 aromatic rings. The van der Waals surface area contributed by atoms with E-state index in [9.17, 15) is 0 Å². The van der Waals surface area contributed by atoms with Gasteiger partial charge >= 0.3 is 0 Å². The molecule has 7 nitrogen and oxygen atoms in total. The van der Waals surface area contributed by atoms with Gasteiger partial charge in [0.1, 0.15) is 12.4 Å². The number of piperazine rings is 1. The standard InChI is InChI=1S/C16H22ClN5O2.2ClH/c17-13-1-3-14(4-2-13)23-10-9-21-5-7-22(8-6-21)12-15-19-16(11-18)24-20-15;;/h1-4H,5-12,18H2;2*1H. The van der Waals surface area contributed by atoms with Crippen molar-refractivity contribution in [1.82, 2.24) is 19.9 Å². The molecule has 0 spiro atoms. The largest absolute Gasteiger partial charge is 0.492 e. The monoisotopic (exact) mass is 423 g/mol. The molecule has 0 amide bonds. The van der Waals surface area contributed by atoms with Crippen LogP contribution in [0.15, 0.2) is 28.8 Å². The highest BCUT2D eigenvalue weighted by Gasteiger charge is 2.18. The number of aromatic nitrogens is 2. The van der Waals surface area contributed by atoms with E-state index in [0.717, 1.165) is 43.5 Å². The molecule has 26 heavy (non-hydrogen) atoms. The van der Waals surface area contributed by atoms with Gasteiger partial charge in [-0.25, -0.2) is 0 Å². The lowest BCUT2D eigenvalue weighted by atomic mass is 10.3. The smallest absolute Gasteiger partial charge is 0.240 e. The summed E-state index contributed by atoms with van der Waals surface area (Å²) in [6.07, 6.45) is 0. The van der Waals surface area contributed by atoms with Gasteiger partial charge in [0.05, 0.1) is 13.1 Å². The average Bonchev–Trinajstić information content (AvgIpc) is 3.06. The molecular weight excluding hydrogens is 401 g/mol. The first kappa shape index (κ1) is 23.0. The van der Waals surface area contributed by atoms with Crippen molar-refractivity contribution in [2.45, 2.75) is 13.1 Å². The van der Waals surface area contributed by atoms with Gasteiger partial charge in [-0.1, -0.05) is 16.8 Å². The van der Waals surface area contributed by atoms with Crippen molar-refractivity contribution in [1.29, 1.82) is 0 Å². The Bertz CT molecular complexity index is 633. The Hall–Kier alpha value is -1.09. The Kier molecular flexibility index (Phi) is 10.2. The zero-order valence-corrected chi connectivity index (χ0v) is 16.7. The molecule has 10 heteroatoms. The zero-order valence-electron chi connectivity index (χ0n) is 14.3. The van der Waals surface area contributed by atoms with Gasteiger partial charge in [-0.15, -0.1) is 24.8 Å². The Morgan fingerprint density at radius 3 is 2.35 bits per heavy atom. The normalized spacial score (nSPS) is 15.2. The molecule has 0 aliphatic carbocycles. The third kappa shape index (κ3) is 6.90. The van der Waals surface area contributed by atoms with Gasteiger partial charge in [0.15, 0.2) is 5.82 Å². The molecule has 0 radical (unpaired) electrons. The number of rotatable bonds is 7. The van der Waals surface area contributed by atoms with Gasteiger partial charge in [-0.2, -0.15) is 4.98 Å². The molecule has 3 rings (SSSR count).